The van der Waals surface area contributed by atoms with Crippen LogP contribution in [-0.2, 0) is 24.2 Å². The van der Waals surface area contributed by atoms with E-state index in [1.165, 1.54) is 16.4 Å². The van der Waals surface area contributed by atoms with Gasteiger partial charge < -0.3 is 0 Å². The molecule has 0 aromatic carbocycles. The van der Waals surface area contributed by atoms with Crippen molar-refractivity contribution < 1.29 is 13.2 Å². The first-order valence-corrected chi connectivity index (χ1v) is 5.43. The average Bonchev–Trinajstić information content (AvgIpc) is 2.59. The van der Waals surface area contributed by atoms with Crippen molar-refractivity contribution in [2.75, 3.05) is 0 Å². The fourth-order valence-electron chi connectivity index (χ4n) is 1.59. The molecule has 0 bridgehead atoms. The summed E-state index contributed by atoms with van der Waals surface area (Å²) < 4.78 is 39.0. The van der Waals surface area contributed by atoms with Gasteiger partial charge in [0.15, 0.2) is 5.69 Å². The van der Waals surface area contributed by atoms with Crippen LogP contribution >= 0.6 is 11.8 Å². The van der Waals surface area contributed by atoms with Gasteiger partial charge in [-0.1, -0.05) is 0 Å². The summed E-state index contributed by atoms with van der Waals surface area (Å²) in [6.45, 7) is 2.30. The molecule has 0 atom stereocenters. The predicted octanol–water partition coefficient (Wildman–Crippen LogP) is 2.67. The largest absolute Gasteiger partial charge is 0.435 e. The van der Waals surface area contributed by atoms with Gasteiger partial charge in [0.2, 0.25) is 0 Å². The van der Waals surface area contributed by atoms with Crippen LogP contribution < -0.4 is 0 Å². The molecule has 78 valence electrons. The molecule has 0 unspecified atom stereocenters. The zero-order chi connectivity index (χ0) is 10.3. The van der Waals surface area contributed by atoms with E-state index in [2.05, 4.69) is 5.10 Å². The molecule has 1 aliphatic heterocycles. The first kappa shape index (κ1) is 9.89. The Morgan fingerprint density at radius 3 is 2.71 bits per heavy atom. The maximum Gasteiger partial charge on any atom is 0.435 e. The number of hydrogen-bond donors (Lipinski definition) is 0. The third-order valence-corrected chi connectivity index (χ3v) is 3.19. The van der Waals surface area contributed by atoms with Gasteiger partial charge in [0.05, 0.1) is 5.69 Å². The van der Waals surface area contributed by atoms with Crippen LogP contribution in [0.1, 0.15) is 23.9 Å². The first-order chi connectivity index (χ1) is 6.54. The minimum Gasteiger partial charge on any atom is -0.268 e. The number of alkyl halides is 3. The molecule has 0 radical (unpaired) electrons. The standard InChI is InChI=1S/C8H9F3N2S/c1-2-13-6-4-14-3-5(6)7(12-13)8(9,10)11/h2-4H2,1H3. The Morgan fingerprint density at radius 1 is 1.43 bits per heavy atom. The number of aromatic nitrogens is 2. The maximum atomic E-state index is 12.5. The van der Waals surface area contributed by atoms with Crippen LogP contribution in [-0.4, -0.2) is 9.78 Å². The van der Waals surface area contributed by atoms with Gasteiger partial charge in [0.25, 0.3) is 0 Å². The third-order valence-electron chi connectivity index (χ3n) is 2.22. The van der Waals surface area contributed by atoms with Crippen molar-refractivity contribution in [3.63, 3.8) is 0 Å². The second kappa shape index (κ2) is 3.18. The lowest BCUT2D eigenvalue weighted by molar-refractivity contribution is -0.142. The fraction of sp³-hybridized carbons (Fsp3) is 0.625. The van der Waals surface area contributed by atoms with Gasteiger partial charge in [0, 0.05) is 23.6 Å². The summed E-state index contributed by atoms with van der Waals surface area (Å²) in [4.78, 5) is 0. The molecule has 0 saturated carbocycles. The molecule has 0 fully saturated rings. The topological polar surface area (TPSA) is 17.8 Å². The minimum atomic E-state index is -4.31. The van der Waals surface area contributed by atoms with E-state index in [4.69, 9.17) is 0 Å². The molecule has 0 saturated heterocycles. The summed E-state index contributed by atoms with van der Waals surface area (Å²) in [6.07, 6.45) is -4.31. The second-order valence-corrected chi connectivity index (χ2v) is 4.07. The SMILES string of the molecule is CCn1nc(C(F)(F)F)c2c1CSC2. The van der Waals surface area contributed by atoms with Crippen molar-refractivity contribution in [3.05, 3.63) is 17.0 Å². The molecule has 0 N–H and O–H groups in total. The third kappa shape index (κ3) is 1.41. The fourth-order valence-corrected chi connectivity index (χ4v) is 2.71. The van der Waals surface area contributed by atoms with Crippen molar-refractivity contribution in [2.45, 2.75) is 31.2 Å². The van der Waals surface area contributed by atoms with Gasteiger partial charge in [-0.3, -0.25) is 4.68 Å². The summed E-state index contributed by atoms with van der Waals surface area (Å²) in [5, 5.41) is 3.60. The van der Waals surface area contributed by atoms with Gasteiger partial charge in [-0.05, 0) is 6.92 Å². The van der Waals surface area contributed by atoms with Crippen LogP contribution in [0.15, 0.2) is 0 Å². The van der Waals surface area contributed by atoms with Crippen molar-refractivity contribution >= 4 is 11.8 Å². The van der Waals surface area contributed by atoms with E-state index >= 15 is 0 Å². The van der Waals surface area contributed by atoms with Crippen LogP contribution in [0.5, 0.6) is 0 Å². The van der Waals surface area contributed by atoms with Crippen LogP contribution in [0, 0.1) is 0 Å². The Labute approximate surface area is 83.5 Å². The normalized spacial score (nSPS) is 16.0. The quantitative estimate of drug-likeness (QED) is 0.727. The molecule has 6 heteroatoms. The van der Waals surface area contributed by atoms with E-state index in [0.717, 1.165) is 5.69 Å². The molecule has 0 spiro atoms. The van der Waals surface area contributed by atoms with E-state index in [0.29, 0.717) is 23.6 Å². The molecule has 2 nitrogen and oxygen atoms in total. The lowest BCUT2D eigenvalue weighted by Gasteiger charge is -2.03. The van der Waals surface area contributed by atoms with Crippen LogP contribution in [0.3, 0.4) is 0 Å². The molecular weight excluding hydrogens is 213 g/mol. The van der Waals surface area contributed by atoms with Gasteiger partial charge in [-0.15, -0.1) is 0 Å². The van der Waals surface area contributed by atoms with Gasteiger partial charge in [-0.25, -0.2) is 0 Å². The summed E-state index contributed by atoms with van der Waals surface area (Å²) in [6, 6.07) is 0. The number of hydrogen-bond acceptors (Lipinski definition) is 2. The molecule has 0 aliphatic carbocycles. The Morgan fingerprint density at radius 2 is 2.14 bits per heavy atom. The van der Waals surface area contributed by atoms with Crippen LogP contribution in [0.25, 0.3) is 0 Å². The monoisotopic (exact) mass is 222 g/mol. The molecule has 14 heavy (non-hydrogen) atoms. The van der Waals surface area contributed by atoms with E-state index in [-0.39, 0.29) is 0 Å². The molecule has 2 rings (SSSR count). The maximum absolute atomic E-state index is 12.5. The highest BCUT2D eigenvalue weighted by Gasteiger charge is 2.40. The van der Waals surface area contributed by atoms with E-state index in [1.54, 1.807) is 6.92 Å². The highest BCUT2D eigenvalue weighted by Crippen LogP contribution is 2.39. The lowest BCUT2D eigenvalue weighted by Crippen LogP contribution is -2.09. The lowest BCUT2D eigenvalue weighted by atomic mass is 10.2. The minimum absolute atomic E-state index is 0.379. The molecule has 2 heterocycles. The van der Waals surface area contributed by atoms with E-state index in [1.807, 2.05) is 0 Å². The average molecular weight is 222 g/mol. The summed E-state index contributed by atoms with van der Waals surface area (Å²) in [7, 11) is 0. The predicted molar refractivity (Wildman–Crippen MR) is 47.9 cm³/mol. The highest BCUT2D eigenvalue weighted by atomic mass is 32.2. The number of rotatable bonds is 1. The Hall–Kier alpha value is -0.650. The summed E-state index contributed by atoms with van der Waals surface area (Å²) in [5.41, 5.74) is 0.425. The molecule has 1 aliphatic rings. The van der Waals surface area contributed by atoms with Crippen LogP contribution in [0.4, 0.5) is 13.2 Å². The Bertz CT molecular complexity index is 356. The Kier molecular flexibility index (Phi) is 2.25. The van der Waals surface area contributed by atoms with Crippen molar-refractivity contribution in [1.82, 2.24) is 9.78 Å². The van der Waals surface area contributed by atoms with Gasteiger partial charge in [0.1, 0.15) is 0 Å². The molecule has 0 amide bonds. The van der Waals surface area contributed by atoms with Crippen molar-refractivity contribution in [2.24, 2.45) is 0 Å². The number of thioether (sulfide) groups is 1. The zero-order valence-electron chi connectivity index (χ0n) is 7.56. The first-order valence-electron chi connectivity index (χ1n) is 4.27. The van der Waals surface area contributed by atoms with Gasteiger partial charge in [-0.2, -0.15) is 30.0 Å². The van der Waals surface area contributed by atoms with E-state index < -0.39 is 11.9 Å². The molecule has 1 aromatic rings. The van der Waals surface area contributed by atoms with Crippen LogP contribution in [0.2, 0.25) is 0 Å². The summed E-state index contributed by atoms with van der Waals surface area (Å²) >= 11 is 1.51. The zero-order valence-corrected chi connectivity index (χ0v) is 8.37. The highest BCUT2D eigenvalue weighted by molar-refractivity contribution is 7.98. The second-order valence-electron chi connectivity index (χ2n) is 3.08. The Balaban J connectivity index is 2.52. The van der Waals surface area contributed by atoms with Gasteiger partial charge >= 0.3 is 6.18 Å². The smallest absolute Gasteiger partial charge is 0.268 e. The number of halogens is 3. The van der Waals surface area contributed by atoms with Crippen molar-refractivity contribution in [1.29, 1.82) is 0 Å². The number of fused-ring (bicyclic) bond motifs is 1. The summed E-state index contributed by atoms with van der Waals surface area (Å²) in [5.74, 6) is 1.08. The number of nitrogens with zero attached hydrogens (tertiary/aromatic N) is 2. The molecular formula is C8H9F3N2S. The molecule has 1 aromatic heterocycles. The van der Waals surface area contributed by atoms with E-state index in [9.17, 15) is 13.2 Å². The van der Waals surface area contributed by atoms with Crippen molar-refractivity contribution in [3.8, 4) is 0 Å². The number of aryl methyl sites for hydroxylation is 1.